The van der Waals surface area contributed by atoms with Crippen LogP contribution in [0.15, 0.2) is 35.7 Å². The SMILES string of the molecule is CNc1csc(-c2ccccc2OC)c1. The van der Waals surface area contributed by atoms with Gasteiger partial charge in [0.1, 0.15) is 5.75 Å². The van der Waals surface area contributed by atoms with E-state index in [1.807, 2.05) is 25.2 Å². The quantitative estimate of drug-likeness (QED) is 0.853. The summed E-state index contributed by atoms with van der Waals surface area (Å²) in [6.07, 6.45) is 0. The fourth-order valence-electron chi connectivity index (χ4n) is 1.46. The molecular weight excluding hydrogens is 206 g/mol. The third kappa shape index (κ3) is 1.97. The Morgan fingerprint density at radius 2 is 2.07 bits per heavy atom. The summed E-state index contributed by atoms with van der Waals surface area (Å²) >= 11 is 1.71. The van der Waals surface area contributed by atoms with Crippen molar-refractivity contribution in [1.82, 2.24) is 0 Å². The number of hydrogen-bond acceptors (Lipinski definition) is 3. The van der Waals surface area contributed by atoms with Crippen molar-refractivity contribution in [2.45, 2.75) is 0 Å². The molecule has 15 heavy (non-hydrogen) atoms. The second-order valence-corrected chi connectivity index (χ2v) is 4.06. The molecule has 0 aliphatic heterocycles. The van der Waals surface area contributed by atoms with Gasteiger partial charge < -0.3 is 10.1 Å². The standard InChI is InChI=1S/C12H13NOS/c1-13-9-7-12(15-8-9)10-5-3-4-6-11(10)14-2/h3-8,13H,1-2H3. The molecule has 0 saturated heterocycles. The molecule has 0 saturated carbocycles. The van der Waals surface area contributed by atoms with Crippen molar-refractivity contribution in [2.75, 3.05) is 19.5 Å². The average molecular weight is 219 g/mol. The van der Waals surface area contributed by atoms with Gasteiger partial charge in [-0.1, -0.05) is 12.1 Å². The first-order chi connectivity index (χ1) is 7.35. The predicted molar refractivity (Wildman–Crippen MR) is 65.9 cm³/mol. The first-order valence-corrected chi connectivity index (χ1v) is 5.63. The lowest BCUT2D eigenvalue weighted by atomic mass is 10.1. The molecule has 0 bridgehead atoms. The molecule has 0 amide bonds. The van der Waals surface area contributed by atoms with Crippen LogP contribution < -0.4 is 10.1 Å². The minimum absolute atomic E-state index is 0.919. The monoisotopic (exact) mass is 219 g/mol. The fraction of sp³-hybridized carbons (Fsp3) is 0.167. The molecule has 0 aliphatic carbocycles. The molecule has 0 atom stereocenters. The Balaban J connectivity index is 2.44. The maximum atomic E-state index is 5.33. The molecule has 2 nitrogen and oxygen atoms in total. The summed E-state index contributed by atoms with van der Waals surface area (Å²) in [6.45, 7) is 0. The molecule has 0 spiro atoms. The number of hydrogen-bond donors (Lipinski definition) is 1. The summed E-state index contributed by atoms with van der Waals surface area (Å²) in [6, 6.07) is 10.2. The van der Waals surface area contributed by atoms with Crippen molar-refractivity contribution in [3.8, 4) is 16.2 Å². The lowest BCUT2D eigenvalue weighted by Crippen LogP contribution is -1.85. The predicted octanol–water partition coefficient (Wildman–Crippen LogP) is 3.47. The van der Waals surface area contributed by atoms with Crippen LogP contribution in [0.4, 0.5) is 5.69 Å². The van der Waals surface area contributed by atoms with Gasteiger partial charge >= 0.3 is 0 Å². The molecule has 2 rings (SSSR count). The maximum absolute atomic E-state index is 5.33. The van der Waals surface area contributed by atoms with Crippen LogP contribution in [0, 0.1) is 0 Å². The number of anilines is 1. The largest absolute Gasteiger partial charge is 0.496 e. The minimum atomic E-state index is 0.919. The van der Waals surface area contributed by atoms with Crippen LogP contribution in [0.3, 0.4) is 0 Å². The van der Waals surface area contributed by atoms with Gasteiger partial charge in [-0.15, -0.1) is 11.3 Å². The van der Waals surface area contributed by atoms with Crippen LogP contribution >= 0.6 is 11.3 Å². The van der Waals surface area contributed by atoms with Crippen LogP contribution in [-0.4, -0.2) is 14.2 Å². The number of ether oxygens (including phenoxy) is 1. The van der Waals surface area contributed by atoms with Gasteiger partial charge in [-0.05, 0) is 18.2 Å². The fourth-order valence-corrected chi connectivity index (χ4v) is 2.39. The third-order valence-electron chi connectivity index (χ3n) is 2.26. The van der Waals surface area contributed by atoms with Gasteiger partial charge in [0.2, 0.25) is 0 Å². The lowest BCUT2D eigenvalue weighted by Gasteiger charge is -2.05. The van der Waals surface area contributed by atoms with E-state index in [1.54, 1.807) is 18.4 Å². The summed E-state index contributed by atoms with van der Waals surface area (Å²) in [5.41, 5.74) is 2.28. The average Bonchev–Trinajstić information content (AvgIpc) is 2.77. The summed E-state index contributed by atoms with van der Waals surface area (Å²) in [7, 11) is 3.62. The maximum Gasteiger partial charge on any atom is 0.127 e. The number of thiophene rings is 1. The minimum Gasteiger partial charge on any atom is -0.496 e. The molecule has 0 aliphatic rings. The van der Waals surface area contributed by atoms with E-state index in [2.05, 4.69) is 22.8 Å². The van der Waals surface area contributed by atoms with Gasteiger partial charge in [0.15, 0.2) is 0 Å². The smallest absolute Gasteiger partial charge is 0.127 e. The summed E-state index contributed by atoms with van der Waals surface area (Å²) in [4.78, 5) is 1.22. The van der Waals surface area contributed by atoms with Gasteiger partial charge in [-0.2, -0.15) is 0 Å². The van der Waals surface area contributed by atoms with Crippen LogP contribution in [0.25, 0.3) is 10.4 Å². The Morgan fingerprint density at radius 1 is 1.27 bits per heavy atom. The van der Waals surface area contributed by atoms with E-state index in [0.29, 0.717) is 0 Å². The van der Waals surface area contributed by atoms with E-state index in [0.717, 1.165) is 17.0 Å². The van der Waals surface area contributed by atoms with Gasteiger partial charge in [0, 0.05) is 28.6 Å². The molecule has 3 heteroatoms. The van der Waals surface area contributed by atoms with Crippen molar-refractivity contribution in [1.29, 1.82) is 0 Å². The number of para-hydroxylation sites is 1. The Morgan fingerprint density at radius 3 is 2.73 bits per heavy atom. The number of benzene rings is 1. The van der Waals surface area contributed by atoms with E-state index in [4.69, 9.17) is 4.74 Å². The zero-order valence-electron chi connectivity index (χ0n) is 8.78. The molecule has 0 unspecified atom stereocenters. The normalized spacial score (nSPS) is 10.0. The zero-order valence-corrected chi connectivity index (χ0v) is 9.60. The number of methoxy groups -OCH3 is 1. The molecule has 78 valence electrons. The molecule has 2 aromatic rings. The highest BCUT2D eigenvalue weighted by Crippen LogP contribution is 2.35. The van der Waals surface area contributed by atoms with E-state index in [9.17, 15) is 0 Å². The Kier molecular flexibility index (Phi) is 2.92. The van der Waals surface area contributed by atoms with Gasteiger partial charge in [0.25, 0.3) is 0 Å². The second-order valence-electron chi connectivity index (χ2n) is 3.15. The molecule has 0 radical (unpaired) electrons. The van der Waals surface area contributed by atoms with Gasteiger partial charge in [0.05, 0.1) is 7.11 Å². The molecule has 1 N–H and O–H groups in total. The van der Waals surface area contributed by atoms with Crippen molar-refractivity contribution >= 4 is 17.0 Å². The van der Waals surface area contributed by atoms with E-state index >= 15 is 0 Å². The second kappa shape index (κ2) is 4.36. The topological polar surface area (TPSA) is 21.3 Å². The third-order valence-corrected chi connectivity index (χ3v) is 3.22. The molecule has 1 heterocycles. The highest BCUT2D eigenvalue weighted by Gasteiger charge is 2.06. The first-order valence-electron chi connectivity index (χ1n) is 4.75. The number of nitrogens with one attached hydrogen (secondary N) is 1. The van der Waals surface area contributed by atoms with Crippen molar-refractivity contribution in [2.24, 2.45) is 0 Å². The Hall–Kier alpha value is -1.48. The number of rotatable bonds is 3. The van der Waals surface area contributed by atoms with Crippen LogP contribution in [-0.2, 0) is 0 Å². The Bertz CT molecular complexity index is 450. The highest BCUT2D eigenvalue weighted by atomic mass is 32.1. The zero-order chi connectivity index (χ0) is 10.7. The van der Waals surface area contributed by atoms with Crippen LogP contribution in [0.5, 0.6) is 5.75 Å². The first kappa shape index (κ1) is 10.1. The Labute approximate surface area is 93.5 Å². The summed E-state index contributed by atoms with van der Waals surface area (Å²) in [5, 5.41) is 5.22. The van der Waals surface area contributed by atoms with Crippen molar-refractivity contribution in [3.63, 3.8) is 0 Å². The van der Waals surface area contributed by atoms with E-state index < -0.39 is 0 Å². The van der Waals surface area contributed by atoms with E-state index in [1.165, 1.54) is 4.88 Å². The molecule has 0 fully saturated rings. The highest BCUT2D eigenvalue weighted by molar-refractivity contribution is 7.14. The van der Waals surface area contributed by atoms with Crippen molar-refractivity contribution in [3.05, 3.63) is 35.7 Å². The van der Waals surface area contributed by atoms with E-state index in [-0.39, 0.29) is 0 Å². The lowest BCUT2D eigenvalue weighted by molar-refractivity contribution is 0.416. The summed E-state index contributed by atoms with van der Waals surface area (Å²) in [5.74, 6) is 0.919. The van der Waals surface area contributed by atoms with Gasteiger partial charge in [-0.3, -0.25) is 0 Å². The molecule has 1 aromatic heterocycles. The van der Waals surface area contributed by atoms with Crippen LogP contribution in [0.1, 0.15) is 0 Å². The van der Waals surface area contributed by atoms with Crippen LogP contribution in [0.2, 0.25) is 0 Å². The van der Waals surface area contributed by atoms with Gasteiger partial charge in [-0.25, -0.2) is 0 Å². The van der Waals surface area contributed by atoms with Crippen molar-refractivity contribution < 1.29 is 4.74 Å². The summed E-state index contributed by atoms with van der Waals surface area (Å²) < 4.78 is 5.33. The molecule has 1 aromatic carbocycles. The molecular formula is C12H13NOS.